The van der Waals surface area contributed by atoms with Crippen LogP contribution < -0.4 is 5.32 Å². The number of rotatable bonds is 3. The summed E-state index contributed by atoms with van der Waals surface area (Å²) in [5.41, 5.74) is 0. The molecule has 4 heteroatoms. The summed E-state index contributed by atoms with van der Waals surface area (Å²) in [6.45, 7) is 0. The van der Waals surface area contributed by atoms with Gasteiger partial charge in [-0.25, -0.2) is 0 Å². The van der Waals surface area contributed by atoms with E-state index < -0.39 is 11.9 Å². The Morgan fingerprint density at radius 3 is 2.15 bits per heavy atom. The first-order valence-electron chi connectivity index (χ1n) is 7.88. The van der Waals surface area contributed by atoms with Crippen LogP contribution in [-0.2, 0) is 9.59 Å². The summed E-state index contributed by atoms with van der Waals surface area (Å²) < 4.78 is 0. The molecule has 3 rings (SSSR count). The average Bonchev–Trinajstić information content (AvgIpc) is 2.93. The van der Waals surface area contributed by atoms with Gasteiger partial charge < -0.3 is 10.4 Å². The molecule has 2 N–H and O–H groups in total. The van der Waals surface area contributed by atoms with E-state index in [1.54, 1.807) is 0 Å². The Balaban J connectivity index is 1.66. The van der Waals surface area contributed by atoms with E-state index in [0.29, 0.717) is 0 Å². The quantitative estimate of drug-likeness (QED) is 0.614. The molecule has 1 amide bonds. The zero-order valence-electron chi connectivity index (χ0n) is 11.8. The van der Waals surface area contributed by atoms with Crippen LogP contribution in [0.5, 0.6) is 0 Å². The van der Waals surface area contributed by atoms with Gasteiger partial charge in [0.1, 0.15) is 0 Å². The molecule has 0 radical (unpaired) electrons. The number of hydrogen-bond acceptors (Lipinski definition) is 2. The summed E-state index contributed by atoms with van der Waals surface area (Å²) in [7, 11) is 0. The van der Waals surface area contributed by atoms with E-state index in [9.17, 15) is 14.7 Å². The van der Waals surface area contributed by atoms with Crippen molar-refractivity contribution in [3.63, 3.8) is 0 Å². The Bertz CT molecular complexity index is 423. The molecule has 0 aliphatic heterocycles. The molecule has 0 spiro atoms. The van der Waals surface area contributed by atoms with E-state index in [0.717, 1.165) is 19.3 Å². The number of amides is 1. The molecule has 110 valence electrons. The number of carboxylic acids is 1. The van der Waals surface area contributed by atoms with E-state index in [2.05, 4.69) is 5.32 Å². The van der Waals surface area contributed by atoms with Crippen LogP contribution in [-0.4, -0.2) is 23.0 Å². The third-order valence-electron chi connectivity index (χ3n) is 5.25. The molecule has 2 bridgehead atoms. The Kier molecular flexibility index (Phi) is 3.81. The third-order valence-corrected chi connectivity index (χ3v) is 5.25. The predicted molar refractivity (Wildman–Crippen MR) is 75.0 cm³/mol. The maximum atomic E-state index is 12.5. The second-order valence-electron chi connectivity index (χ2n) is 6.54. The Hall–Kier alpha value is -1.32. The standard InChI is InChI=1S/C16H23NO3/c18-15(17-12-5-3-1-2-4-6-12)13-10-7-8-11(9-10)14(13)16(19)20/h7-8,10-14H,1-6,9H2,(H,17,18)(H,19,20)/t10-,11+,13-,14-/m0/s1. The van der Waals surface area contributed by atoms with Gasteiger partial charge in [0.25, 0.3) is 0 Å². The van der Waals surface area contributed by atoms with E-state index in [1.807, 2.05) is 12.2 Å². The van der Waals surface area contributed by atoms with Crippen molar-refractivity contribution in [1.29, 1.82) is 0 Å². The minimum absolute atomic E-state index is 0.0267. The molecule has 3 aliphatic carbocycles. The van der Waals surface area contributed by atoms with Crippen molar-refractivity contribution < 1.29 is 14.7 Å². The largest absolute Gasteiger partial charge is 0.481 e. The van der Waals surface area contributed by atoms with Crippen LogP contribution in [0.4, 0.5) is 0 Å². The summed E-state index contributed by atoms with van der Waals surface area (Å²) in [5.74, 6) is -1.53. The summed E-state index contributed by atoms with van der Waals surface area (Å²) >= 11 is 0. The van der Waals surface area contributed by atoms with Crippen LogP contribution in [0.2, 0.25) is 0 Å². The second-order valence-corrected chi connectivity index (χ2v) is 6.54. The summed E-state index contributed by atoms with van der Waals surface area (Å²) in [6.07, 6.45) is 11.8. The molecule has 20 heavy (non-hydrogen) atoms. The van der Waals surface area contributed by atoms with Gasteiger partial charge in [-0.1, -0.05) is 37.8 Å². The molecule has 0 unspecified atom stereocenters. The molecule has 0 saturated heterocycles. The Labute approximate surface area is 119 Å². The average molecular weight is 277 g/mol. The highest BCUT2D eigenvalue weighted by atomic mass is 16.4. The summed E-state index contributed by atoms with van der Waals surface area (Å²) in [6, 6.07) is 0.252. The van der Waals surface area contributed by atoms with Crippen molar-refractivity contribution in [3.8, 4) is 0 Å². The molecule has 4 nitrogen and oxygen atoms in total. The van der Waals surface area contributed by atoms with Crippen LogP contribution in [0, 0.1) is 23.7 Å². The first-order valence-corrected chi connectivity index (χ1v) is 7.88. The normalized spacial score (nSPS) is 36.8. The molecule has 0 heterocycles. The van der Waals surface area contributed by atoms with E-state index in [1.165, 1.54) is 25.7 Å². The Morgan fingerprint density at radius 1 is 0.950 bits per heavy atom. The first-order chi connectivity index (χ1) is 9.66. The number of carbonyl (C=O) groups excluding carboxylic acids is 1. The third kappa shape index (κ3) is 2.48. The van der Waals surface area contributed by atoms with Crippen molar-refractivity contribution in [2.45, 2.75) is 51.0 Å². The van der Waals surface area contributed by atoms with Crippen LogP contribution >= 0.6 is 0 Å². The zero-order valence-corrected chi connectivity index (χ0v) is 11.8. The number of aliphatic carboxylic acids is 1. The van der Waals surface area contributed by atoms with Crippen LogP contribution in [0.3, 0.4) is 0 Å². The van der Waals surface area contributed by atoms with E-state index in [4.69, 9.17) is 0 Å². The lowest BCUT2D eigenvalue weighted by atomic mass is 9.82. The highest BCUT2D eigenvalue weighted by molar-refractivity contribution is 5.87. The molecule has 4 atom stereocenters. The fourth-order valence-corrected chi connectivity index (χ4v) is 4.24. The van der Waals surface area contributed by atoms with Gasteiger partial charge in [-0.15, -0.1) is 0 Å². The maximum Gasteiger partial charge on any atom is 0.307 e. The highest BCUT2D eigenvalue weighted by Gasteiger charge is 2.51. The number of hydrogen-bond donors (Lipinski definition) is 2. The molecular formula is C16H23NO3. The van der Waals surface area contributed by atoms with Crippen molar-refractivity contribution in [3.05, 3.63) is 12.2 Å². The lowest BCUT2D eigenvalue weighted by molar-refractivity contribution is -0.148. The van der Waals surface area contributed by atoms with Gasteiger partial charge >= 0.3 is 5.97 Å². The van der Waals surface area contributed by atoms with Crippen molar-refractivity contribution >= 4 is 11.9 Å². The SMILES string of the molecule is O=C(O)[C@@H]1[C@@H](C(=O)NC2CCCCCC2)[C@H]2C=C[C@@H]1C2. The van der Waals surface area contributed by atoms with Crippen molar-refractivity contribution in [2.24, 2.45) is 23.7 Å². The fourth-order valence-electron chi connectivity index (χ4n) is 4.24. The minimum Gasteiger partial charge on any atom is -0.481 e. The number of allylic oxidation sites excluding steroid dienone is 2. The summed E-state index contributed by atoms with van der Waals surface area (Å²) in [5, 5.41) is 12.5. The zero-order chi connectivity index (χ0) is 14.1. The van der Waals surface area contributed by atoms with E-state index >= 15 is 0 Å². The fraction of sp³-hybridized carbons (Fsp3) is 0.750. The van der Waals surface area contributed by atoms with Crippen LogP contribution in [0.15, 0.2) is 12.2 Å². The number of fused-ring (bicyclic) bond motifs is 2. The van der Waals surface area contributed by atoms with Gasteiger partial charge in [0.15, 0.2) is 0 Å². The molecule has 2 fully saturated rings. The van der Waals surface area contributed by atoms with Crippen LogP contribution in [0.25, 0.3) is 0 Å². The maximum absolute atomic E-state index is 12.5. The van der Waals surface area contributed by atoms with Crippen molar-refractivity contribution in [1.82, 2.24) is 5.32 Å². The summed E-state index contributed by atoms with van der Waals surface area (Å²) in [4.78, 5) is 24.0. The van der Waals surface area contributed by atoms with Gasteiger partial charge in [-0.3, -0.25) is 9.59 Å². The molecule has 0 aromatic heterocycles. The van der Waals surface area contributed by atoms with Gasteiger partial charge in [-0.05, 0) is 31.1 Å². The molecule has 0 aromatic carbocycles. The minimum atomic E-state index is -0.817. The predicted octanol–water partition coefficient (Wildman–Crippen LogP) is 2.35. The first kappa shape index (κ1) is 13.7. The van der Waals surface area contributed by atoms with Gasteiger partial charge in [0.05, 0.1) is 11.8 Å². The van der Waals surface area contributed by atoms with E-state index in [-0.39, 0.29) is 29.7 Å². The van der Waals surface area contributed by atoms with Crippen molar-refractivity contribution in [2.75, 3.05) is 0 Å². The molecule has 2 saturated carbocycles. The Morgan fingerprint density at radius 2 is 1.55 bits per heavy atom. The van der Waals surface area contributed by atoms with Gasteiger partial charge in [0, 0.05) is 6.04 Å². The van der Waals surface area contributed by atoms with Gasteiger partial charge in [0.2, 0.25) is 5.91 Å². The monoisotopic (exact) mass is 277 g/mol. The second kappa shape index (κ2) is 5.58. The van der Waals surface area contributed by atoms with Crippen LogP contribution in [0.1, 0.15) is 44.9 Å². The molecular weight excluding hydrogens is 254 g/mol. The number of carboxylic acid groups (broad SMARTS) is 1. The lowest BCUT2D eigenvalue weighted by Crippen LogP contribution is -2.44. The highest BCUT2D eigenvalue weighted by Crippen LogP contribution is 2.48. The van der Waals surface area contributed by atoms with Gasteiger partial charge in [-0.2, -0.15) is 0 Å². The molecule has 3 aliphatic rings. The smallest absolute Gasteiger partial charge is 0.307 e. The molecule has 0 aromatic rings. The lowest BCUT2D eigenvalue weighted by Gasteiger charge is -2.26. The number of carbonyl (C=O) groups is 2. The topological polar surface area (TPSA) is 66.4 Å². The number of nitrogens with one attached hydrogen (secondary N) is 1.